The first-order chi connectivity index (χ1) is 8.16. The molecule has 17 heavy (non-hydrogen) atoms. The molecular formula is C11H18F2N2O2. The lowest BCUT2D eigenvalue weighted by molar-refractivity contribution is -0.135. The van der Waals surface area contributed by atoms with E-state index in [1.807, 2.05) is 0 Å². The summed E-state index contributed by atoms with van der Waals surface area (Å²) in [6.45, 7) is 1.42. The topological polar surface area (TPSA) is 41.6 Å². The maximum atomic E-state index is 12.4. The Morgan fingerprint density at radius 1 is 1.47 bits per heavy atom. The van der Waals surface area contributed by atoms with E-state index in [-0.39, 0.29) is 24.4 Å². The molecule has 98 valence electrons. The predicted molar refractivity (Wildman–Crippen MR) is 58.0 cm³/mol. The summed E-state index contributed by atoms with van der Waals surface area (Å²) in [6.07, 6.45) is -0.487. The number of rotatable bonds is 5. The molecule has 1 heterocycles. The molecule has 0 aromatic rings. The molecule has 4 nitrogen and oxygen atoms in total. The Morgan fingerprint density at radius 3 is 2.76 bits per heavy atom. The Labute approximate surface area is 99.3 Å². The molecule has 0 radical (unpaired) electrons. The first-order valence-corrected chi connectivity index (χ1v) is 6.05. The van der Waals surface area contributed by atoms with Crippen LogP contribution in [0.25, 0.3) is 0 Å². The Morgan fingerprint density at radius 2 is 2.24 bits per heavy atom. The molecule has 0 aromatic heterocycles. The monoisotopic (exact) mass is 248 g/mol. The Kier molecular flexibility index (Phi) is 4.28. The molecule has 1 unspecified atom stereocenters. The number of nitrogens with zero attached hydrogens (tertiary/aromatic N) is 1. The summed E-state index contributed by atoms with van der Waals surface area (Å²) in [5.41, 5.74) is 0. The molecule has 1 aliphatic heterocycles. The van der Waals surface area contributed by atoms with Crippen LogP contribution in [0.3, 0.4) is 0 Å². The van der Waals surface area contributed by atoms with Crippen molar-refractivity contribution in [2.24, 2.45) is 0 Å². The van der Waals surface area contributed by atoms with Crippen LogP contribution >= 0.6 is 0 Å². The van der Waals surface area contributed by atoms with Crippen LogP contribution in [-0.4, -0.2) is 55.6 Å². The largest absolute Gasteiger partial charge is 0.378 e. The Hall–Kier alpha value is -0.750. The lowest BCUT2D eigenvalue weighted by atomic mass is 10.1. The number of carbonyl (C=O) groups excluding carboxylic acids is 1. The van der Waals surface area contributed by atoms with Crippen molar-refractivity contribution in [3.8, 4) is 0 Å². The van der Waals surface area contributed by atoms with E-state index in [1.54, 1.807) is 0 Å². The van der Waals surface area contributed by atoms with Crippen LogP contribution in [0.15, 0.2) is 0 Å². The highest BCUT2D eigenvalue weighted by molar-refractivity contribution is 5.77. The third kappa shape index (κ3) is 3.89. The highest BCUT2D eigenvalue weighted by atomic mass is 19.3. The average Bonchev–Trinajstić information content (AvgIpc) is 3.10. The average molecular weight is 248 g/mol. The minimum Gasteiger partial charge on any atom is -0.378 e. The highest BCUT2D eigenvalue weighted by Gasteiger charge is 2.35. The van der Waals surface area contributed by atoms with Crippen molar-refractivity contribution in [3.63, 3.8) is 0 Å². The summed E-state index contributed by atoms with van der Waals surface area (Å²) in [5, 5.41) is 3.16. The zero-order valence-corrected chi connectivity index (χ0v) is 9.70. The normalized spacial score (nSPS) is 25.0. The zero-order chi connectivity index (χ0) is 12.3. The van der Waals surface area contributed by atoms with Gasteiger partial charge in [0, 0.05) is 25.0 Å². The molecule has 0 aromatic carbocycles. The van der Waals surface area contributed by atoms with Crippen LogP contribution in [0.4, 0.5) is 8.78 Å². The van der Waals surface area contributed by atoms with Crippen molar-refractivity contribution in [1.82, 2.24) is 10.2 Å². The summed E-state index contributed by atoms with van der Waals surface area (Å²) in [5.74, 6) is -0.184. The van der Waals surface area contributed by atoms with Gasteiger partial charge in [-0.05, 0) is 12.8 Å². The van der Waals surface area contributed by atoms with Crippen molar-refractivity contribution in [3.05, 3.63) is 0 Å². The first-order valence-electron chi connectivity index (χ1n) is 6.05. The fraction of sp³-hybridized carbons (Fsp3) is 0.909. The summed E-state index contributed by atoms with van der Waals surface area (Å²) >= 11 is 0. The van der Waals surface area contributed by atoms with Crippen LogP contribution in [0.1, 0.15) is 19.3 Å². The minimum atomic E-state index is -2.45. The molecule has 1 saturated heterocycles. The van der Waals surface area contributed by atoms with Gasteiger partial charge in [0.2, 0.25) is 5.91 Å². The van der Waals surface area contributed by atoms with Gasteiger partial charge in [-0.25, -0.2) is 8.78 Å². The van der Waals surface area contributed by atoms with Gasteiger partial charge in [0.15, 0.2) is 0 Å². The molecule has 2 fully saturated rings. The van der Waals surface area contributed by atoms with Crippen molar-refractivity contribution in [2.45, 2.75) is 37.8 Å². The maximum Gasteiger partial charge on any atom is 0.255 e. The van der Waals surface area contributed by atoms with Gasteiger partial charge in [-0.3, -0.25) is 4.79 Å². The van der Waals surface area contributed by atoms with Crippen LogP contribution < -0.4 is 5.32 Å². The van der Waals surface area contributed by atoms with Crippen LogP contribution in [-0.2, 0) is 9.53 Å². The second kappa shape index (κ2) is 5.73. The molecular weight excluding hydrogens is 230 g/mol. The molecule has 1 N–H and O–H groups in total. The van der Waals surface area contributed by atoms with Gasteiger partial charge < -0.3 is 15.0 Å². The molecule has 0 bridgehead atoms. The molecule has 1 atom stereocenters. The van der Waals surface area contributed by atoms with Crippen molar-refractivity contribution in [2.75, 3.05) is 26.3 Å². The van der Waals surface area contributed by atoms with Crippen LogP contribution in [0, 0.1) is 0 Å². The summed E-state index contributed by atoms with van der Waals surface area (Å²) < 4.78 is 30.0. The molecule has 2 aliphatic rings. The first kappa shape index (κ1) is 12.7. The minimum absolute atomic E-state index is 0.0322. The smallest absolute Gasteiger partial charge is 0.255 e. The van der Waals surface area contributed by atoms with E-state index in [2.05, 4.69) is 5.32 Å². The van der Waals surface area contributed by atoms with Gasteiger partial charge >= 0.3 is 0 Å². The number of ether oxygens (including phenoxy) is 1. The number of alkyl halides is 2. The molecule has 2 rings (SSSR count). The van der Waals surface area contributed by atoms with E-state index >= 15 is 0 Å². The van der Waals surface area contributed by atoms with E-state index in [0.717, 1.165) is 19.4 Å². The lowest BCUT2D eigenvalue weighted by Gasteiger charge is -2.27. The second-order valence-electron chi connectivity index (χ2n) is 4.60. The quantitative estimate of drug-likeness (QED) is 0.775. The van der Waals surface area contributed by atoms with Gasteiger partial charge in [0.05, 0.1) is 19.8 Å². The number of hydrogen-bond donors (Lipinski definition) is 1. The number of amides is 1. The third-order valence-electron chi connectivity index (χ3n) is 3.06. The number of morpholine rings is 1. The van der Waals surface area contributed by atoms with Crippen molar-refractivity contribution in [1.29, 1.82) is 0 Å². The Balaban J connectivity index is 1.82. The molecule has 1 aliphatic carbocycles. The van der Waals surface area contributed by atoms with Gasteiger partial charge in [-0.1, -0.05) is 0 Å². The van der Waals surface area contributed by atoms with E-state index < -0.39 is 13.0 Å². The summed E-state index contributed by atoms with van der Waals surface area (Å²) in [4.78, 5) is 13.3. The van der Waals surface area contributed by atoms with Gasteiger partial charge in [-0.15, -0.1) is 0 Å². The number of hydrogen-bond acceptors (Lipinski definition) is 3. The standard InChI is InChI=1S/C11H18F2N2O2/c12-10(13)6-15(9-1-2-9)11(16)5-8-7-17-4-3-14-8/h8-10,14H,1-7H2. The van der Waals surface area contributed by atoms with Crippen molar-refractivity contribution < 1.29 is 18.3 Å². The highest BCUT2D eigenvalue weighted by Crippen LogP contribution is 2.28. The lowest BCUT2D eigenvalue weighted by Crippen LogP contribution is -2.46. The maximum absolute atomic E-state index is 12.4. The Bertz CT molecular complexity index is 266. The van der Waals surface area contributed by atoms with Crippen LogP contribution in [0.5, 0.6) is 0 Å². The number of carbonyl (C=O) groups is 1. The van der Waals surface area contributed by atoms with E-state index in [0.29, 0.717) is 13.2 Å². The van der Waals surface area contributed by atoms with Gasteiger partial charge in [0.25, 0.3) is 6.43 Å². The van der Waals surface area contributed by atoms with E-state index in [1.165, 1.54) is 4.90 Å². The van der Waals surface area contributed by atoms with Crippen molar-refractivity contribution >= 4 is 5.91 Å². The van der Waals surface area contributed by atoms with E-state index in [9.17, 15) is 13.6 Å². The van der Waals surface area contributed by atoms with E-state index in [4.69, 9.17) is 4.74 Å². The third-order valence-corrected chi connectivity index (χ3v) is 3.06. The summed E-state index contributed by atoms with van der Waals surface area (Å²) in [7, 11) is 0. The SMILES string of the molecule is O=C(CC1COCCN1)N(CC(F)F)C1CC1. The molecule has 0 spiro atoms. The molecule has 6 heteroatoms. The molecule has 1 saturated carbocycles. The fourth-order valence-electron chi connectivity index (χ4n) is 2.07. The number of nitrogens with one attached hydrogen (secondary N) is 1. The van der Waals surface area contributed by atoms with Gasteiger partial charge in [-0.2, -0.15) is 0 Å². The van der Waals surface area contributed by atoms with Crippen LogP contribution in [0.2, 0.25) is 0 Å². The fourth-order valence-corrected chi connectivity index (χ4v) is 2.07. The second-order valence-corrected chi connectivity index (χ2v) is 4.60. The zero-order valence-electron chi connectivity index (χ0n) is 9.70. The molecule has 1 amide bonds. The number of halogens is 2. The van der Waals surface area contributed by atoms with Gasteiger partial charge in [0.1, 0.15) is 0 Å². The summed E-state index contributed by atoms with van der Waals surface area (Å²) in [6, 6.07) is 0.0104. The predicted octanol–water partition coefficient (Wildman–Crippen LogP) is 0.621.